The minimum Gasteiger partial charge on any atom is -0.330 e. The number of nitrogens with two attached hydrogens (primary N) is 2. The Bertz CT molecular complexity index is 404. The molecule has 0 saturated carbocycles. The zero-order chi connectivity index (χ0) is 12.8. The topological polar surface area (TPSA) is 95.2 Å². The van der Waals surface area contributed by atoms with Gasteiger partial charge in [0.25, 0.3) is 0 Å². The van der Waals surface area contributed by atoms with Gasteiger partial charge in [0, 0.05) is 12.1 Å². The summed E-state index contributed by atoms with van der Waals surface area (Å²) in [7, 11) is 0. The summed E-state index contributed by atoms with van der Waals surface area (Å²) in [6, 6.07) is 3.44. The fourth-order valence-corrected chi connectivity index (χ4v) is 1.58. The summed E-state index contributed by atoms with van der Waals surface area (Å²) in [5, 5.41) is 10.6. The van der Waals surface area contributed by atoms with E-state index in [-0.39, 0.29) is 18.4 Å². The molecule has 5 nitrogen and oxygen atoms in total. The first kappa shape index (κ1) is 16.8. The van der Waals surface area contributed by atoms with Gasteiger partial charge in [-0.25, -0.2) is 0 Å². The molecule has 0 bridgehead atoms. The van der Waals surface area contributed by atoms with Crippen LogP contribution in [0.5, 0.6) is 0 Å². The molecule has 0 amide bonds. The van der Waals surface area contributed by atoms with Gasteiger partial charge in [0.2, 0.25) is 5.82 Å². The molecule has 1 aromatic rings. The number of benzene rings is 1. The maximum absolute atomic E-state index is 13.1. The number of hydrogen-bond acceptors (Lipinski definition) is 4. The molecule has 0 aliphatic rings. The standard InChI is InChI=1S/C11H16FN3O2.ClH/c12-9-5-4-8(7-11(9)15(16)17)10(14)3-1-2-6-13;/h4-5,7,10H,1-3,6,13-14H2;1H/t10-;/m0./s1. The Balaban J connectivity index is 0.00000289. The number of unbranched alkanes of at least 4 members (excludes halogenated alkanes) is 1. The van der Waals surface area contributed by atoms with Crippen molar-refractivity contribution in [3.05, 3.63) is 39.7 Å². The monoisotopic (exact) mass is 277 g/mol. The summed E-state index contributed by atoms with van der Waals surface area (Å²) >= 11 is 0. The van der Waals surface area contributed by atoms with Crippen molar-refractivity contribution in [3.8, 4) is 0 Å². The number of nitro groups is 1. The molecule has 1 rings (SSSR count). The van der Waals surface area contributed by atoms with Gasteiger partial charge in [-0.2, -0.15) is 4.39 Å². The van der Waals surface area contributed by atoms with Crippen LogP contribution in [0, 0.1) is 15.9 Å². The van der Waals surface area contributed by atoms with Gasteiger partial charge in [-0.15, -0.1) is 12.4 Å². The number of nitro benzene ring substituents is 1. The largest absolute Gasteiger partial charge is 0.330 e. The molecule has 0 unspecified atom stereocenters. The van der Waals surface area contributed by atoms with Crippen molar-refractivity contribution in [2.45, 2.75) is 25.3 Å². The lowest BCUT2D eigenvalue weighted by Gasteiger charge is -2.11. The molecule has 0 aliphatic heterocycles. The highest BCUT2D eigenvalue weighted by Crippen LogP contribution is 2.24. The van der Waals surface area contributed by atoms with Gasteiger partial charge in [-0.1, -0.05) is 12.5 Å². The summed E-state index contributed by atoms with van der Waals surface area (Å²) in [5.74, 6) is -0.840. The molecule has 0 saturated heterocycles. The minimum atomic E-state index is -0.840. The van der Waals surface area contributed by atoms with Crippen molar-refractivity contribution in [1.82, 2.24) is 0 Å². The Kier molecular flexibility index (Phi) is 7.42. The molecule has 0 radical (unpaired) electrons. The SMILES string of the molecule is Cl.NCCCC[C@H](N)c1ccc(F)c([N+](=O)[O-])c1. The van der Waals surface area contributed by atoms with Crippen molar-refractivity contribution >= 4 is 18.1 Å². The van der Waals surface area contributed by atoms with Gasteiger partial charge in [0.1, 0.15) is 0 Å². The Labute approximate surface area is 111 Å². The van der Waals surface area contributed by atoms with Crippen molar-refractivity contribution in [1.29, 1.82) is 0 Å². The van der Waals surface area contributed by atoms with E-state index in [0.717, 1.165) is 18.9 Å². The van der Waals surface area contributed by atoms with E-state index in [4.69, 9.17) is 11.5 Å². The van der Waals surface area contributed by atoms with Crippen LogP contribution in [-0.2, 0) is 0 Å². The van der Waals surface area contributed by atoms with Crippen molar-refractivity contribution in [3.63, 3.8) is 0 Å². The maximum atomic E-state index is 13.1. The average Bonchev–Trinajstić information content (AvgIpc) is 2.29. The van der Waals surface area contributed by atoms with Gasteiger partial charge in [0.05, 0.1) is 4.92 Å². The van der Waals surface area contributed by atoms with E-state index < -0.39 is 16.4 Å². The Morgan fingerprint density at radius 2 is 2.06 bits per heavy atom. The zero-order valence-electron chi connectivity index (χ0n) is 9.84. The van der Waals surface area contributed by atoms with Gasteiger partial charge in [-0.3, -0.25) is 10.1 Å². The zero-order valence-corrected chi connectivity index (χ0v) is 10.7. The quantitative estimate of drug-likeness (QED) is 0.474. The van der Waals surface area contributed by atoms with Crippen LogP contribution in [-0.4, -0.2) is 11.5 Å². The van der Waals surface area contributed by atoms with Crippen molar-refractivity contribution < 1.29 is 9.31 Å². The molecule has 7 heteroatoms. The van der Waals surface area contributed by atoms with E-state index in [9.17, 15) is 14.5 Å². The fourth-order valence-electron chi connectivity index (χ4n) is 1.58. The lowest BCUT2D eigenvalue weighted by Crippen LogP contribution is -2.11. The second kappa shape index (κ2) is 7.97. The molecule has 0 fully saturated rings. The predicted octanol–water partition coefficient (Wildman–Crippen LogP) is 2.28. The van der Waals surface area contributed by atoms with E-state index in [0.29, 0.717) is 18.5 Å². The maximum Gasteiger partial charge on any atom is 0.305 e. The molecule has 0 aliphatic carbocycles. The minimum absolute atomic E-state index is 0. The van der Waals surface area contributed by atoms with Gasteiger partial charge < -0.3 is 11.5 Å². The van der Waals surface area contributed by atoms with Gasteiger partial charge >= 0.3 is 5.69 Å². The first-order valence-corrected chi connectivity index (χ1v) is 5.45. The highest BCUT2D eigenvalue weighted by Gasteiger charge is 2.16. The highest BCUT2D eigenvalue weighted by molar-refractivity contribution is 5.85. The first-order valence-electron chi connectivity index (χ1n) is 5.45. The summed E-state index contributed by atoms with van der Waals surface area (Å²) in [6.45, 7) is 0.594. The second-order valence-electron chi connectivity index (χ2n) is 3.86. The average molecular weight is 278 g/mol. The van der Waals surface area contributed by atoms with Crippen LogP contribution >= 0.6 is 12.4 Å². The Morgan fingerprint density at radius 3 is 2.61 bits per heavy atom. The molecule has 0 aromatic heterocycles. The second-order valence-corrected chi connectivity index (χ2v) is 3.86. The molecule has 0 heterocycles. The number of halogens is 2. The fraction of sp³-hybridized carbons (Fsp3) is 0.455. The molecule has 4 N–H and O–H groups in total. The van der Waals surface area contributed by atoms with Crippen LogP contribution in [0.25, 0.3) is 0 Å². The molecule has 1 aromatic carbocycles. The highest BCUT2D eigenvalue weighted by atomic mass is 35.5. The Morgan fingerprint density at radius 1 is 1.39 bits per heavy atom. The van der Waals surface area contributed by atoms with Gasteiger partial charge in [-0.05, 0) is 31.0 Å². The normalized spacial score (nSPS) is 11.7. The summed E-state index contributed by atoms with van der Waals surface area (Å²) < 4.78 is 13.1. The van der Waals surface area contributed by atoms with E-state index in [2.05, 4.69) is 0 Å². The van der Waals surface area contributed by atoms with Crippen LogP contribution in [0.2, 0.25) is 0 Å². The van der Waals surface area contributed by atoms with Crippen LogP contribution in [0.3, 0.4) is 0 Å². The lowest BCUT2D eigenvalue weighted by molar-refractivity contribution is -0.387. The van der Waals surface area contributed by atoms with Crippen LogP contribution in [0.15, 0.2) is 18.2 Å². The molecule has 18 heavy (non-hydrogen) atoms. The molecule has 102 valence electrons. The number of nitrogens with zero attached hydrogens (tertiary/aromatic N) is 1. The van der Waals surface area contributed by atoms with Crippen LogP contribution in [0.1, 0.15) is 30.9 Å². The first-order chi connectivity index (χ1) is 8.06. The smallest absolute Gasteiger partial charge is 0.305 e. The summed E-state index contributed by atoms with van der Waals surface area (Å²) in [4.78, 5) is 9.82. The summed E-state index contributed by atoms with van der Waals surface area (Å²) in [5.41, 5.74) is 11.3. The number of hydrogen-bond donors (Lipinski definition) is 2. The predicted molar refractivity (Wildman–Crippen MR) is 70.1 cm³/mol. The van der Waals surface area contributed by atoms with Crippen LogP contribution < -0.4 is 11.5 Å². The third-order valence-corrected chi connectivity index (χ3v) is 2.56. The van der Waals surface area contributed by atoms with E-state index in [1.54, 1.807) is 0 Å². The number of rotatable bonds is 6. The third-order valence-electron chi connectivity index (χ3n) is 2.56. The molecule has 0 spiro atoms. The van der Waals surface area contributed by atoms with E-state index >= 15 is 0 Å². The van der Waals surface area contributed by atoms with E-state index in [1.165, 1.54) is 12.1 Å². The van der Waals surface area contributed by atoms with Crippen molar-refractivity contribution in [2.75, 3.05) is 6.54 Å². The Hall–Kier alpha value is -1.24. The third kappa shape index (κ3) is 4.56. The lowest BCUT2D eigenvalue weighted by atomic mass is 10.0. The van der Waals surface area contributed by atoms with Crippen LogP contribution in [0.4, 0.5) is 10.1 Å². The molecular formula is C11H17ClFN3O2. The summed E-state index contributed by atoms with van der Waals surface area (Å²) in [6.07, 6.45) is 2.39. The van der Waals surface area contributed by atoms with Crippen molar-refractivity contribution in [2.24, 2.45) is 11.5 Å². The molecule has 1 atom stereocenters. The van der Waals surface area contributed by atoms with Gasteiger partial charge in [0.15, 0.2) is 0 Å². The van der Waals surface area contributed by atoms with E-state index in [1.807, 2.05) is 0 Å². The molecular weight excluding hydrogens is 261 g/mol.